The number of halogens is 1. The van der Waals surface area contributed by atoms with Crippen molar-refractivity contribution in [3.05, 3.63) is 47.3 Å². The van der Waals surface area contributed by atoms with Crippen LogP contribution in [-0.4, -0.2) is 42.5 Å². The highest BCUT2D eigenvalue weighted by atomic mass is 127. The number of benzene rings is 1. The molecule has 0 spiro atoms. The first-order chi connectivity index (χ1) is 13.2. The lowest BCUT2D eigenvalue weighted by Gasteiger charge is -2.15. The molecule has 1 aliphatic carbocycles. The predicted molar refractivity (Wildman–Crippen MR) is 125 cm³/mol. The summed E-state index contributed by atoms with van der Waals surface area (Å²) in [6, 6.07) is 10.4. The predicted octanol–water partition coefficient (Wildman–Crippen LogP) is 3.59. The number of guanidine groups is 1. The third-order valence-corrected chi connectivity index (χ3v) is 4.71. The van der Waals surface area contributed by atoms with E-state index in [0.717, 1.165) is 55.1 Å². The smallest absolute Gasteiger partial charge is 0.191 e. The molecule has 3 rings (SSSR count). The van der Waals surface area contributed by atoms with Gasteiger partial charge in [-0.15, -0.1) is 24.0 Å². The van der Waals surface area contributed by atoms with Gasteiger partial charge in [0.05, 0.1) is 11.4 Å². The minimum Gasteiger partial charge on any atom is -0.381 e. The molecule has 0 aliphatic heterocycles. The van der Waals surface area contributed by atoms with Gasteiger partial charge in [-0.2, -0.15) is 5.10 Å². The molecule has 0 saturated heterocycles. The fraction of sp³-hybridized carbons (Fsp3) is 0.524. The lowest BCUT2D eigenvalue weighted by molar-refractivity contribution is 0.123. The number of para-hydroxylation sites is 1. The Bertz CT molecular complexity index is 770. The number of hydrogen-bond acceptors (Lipinski definition) is 3. The number of aliphatic imine (C=N–C) groups is 1. The molecule has 1 aromatic heterocycles. The zero-order valence-corrected chi connectivity index (χ0v) is 19.4. The number of ether oxygens (including phenoxy) is 1. The van der Waals surface area contributed by atoms with Crippen LogP contribution in [0.4, 0.5) is 0 Å². The van der Waals surface area contributed by atoms with E-state index < -0.39 is 0 Å². The maximum atomic E-state index is 5.67. The van der Waals surface area contributed by atoms with Crippen LogP contribution in [0.2, 0.25) is 0 Å². The number of hydrogen-bond donors (Lipinski definition) is 2. The van der Waals surface area contributed by atoms with Gasteiger partial charge >= 0.3 is 0 Å². The van der Waals surface area contributed by atoms with Gasteiger partial charge in [-0.05, 0) is 56.7 Å². The first-order valence-electron chi connectivity index (χ1n) is 9.81. The third-order valence-electron chi connectivity index (χ3n) is 4.71. The molecular weight excluding hydrogens is 465 g/mol. The van der Waals surface area contributed by atoms with E-state index in [1.54, 1.807) is 7.05 Å². The van der Waals surface area contributed by atoms with E-state index in [1.165, 1.54) is 18.4 Å². The minimum atomic E-state index is 0. The van der Waals surface area contributed by atoms with Crippen LogP contribution in [0, 0.1) is 19.8 Å². The second kappa shape index (κ2) is 11.4. The molecule has 28 heavy (non-hydrogen) atoms. The van der Waals surface area contributed by atoms with Crippen molar-refractivity contribution in [2.45, 2.75) is 39.7 Å². The summed E-state index contributed by atoms with van der Waals surface area (Å²) in [5.74, 6) is 1.63. The van der Waals surface area contributed by atoms with E-state index in [0.29, 0.717) is 6.54 Å². The van der Waals surface area contributed by atoms with Crippen LogP contribution in [0.25, 0.3) is 5.69 Å². The van der Waals surface area contributed by atoms with Crippen molar-refractivity contribution in [3.8, 4) is 5.69 Å². The Morgan fingerprint density at radius 2 is 2.04 bits per heavy atom. The van der Waals surface area contributed by atoms with Crippen molar-refractivity contribution in [1.82, 2.24) is 20.4 Å². The van der Waals surface area contributed by atoms with Crippen LogP contribution in [0.15, 0.2) is 35.3 Å². The van der Waals surface area contributed by atoms with Crippen LogP contribution >= 0.6 is 24.0 Å². The van der Waals surface area contributed by atoms with Gasteiger partial charge in [0.1, 0.15) is 0 Å². The second-order valence-corrected chi connectivity index (χ2v) is 7.19. The minimum absolute atomic E-state index is 0. The SMILES string of the molecule is CN=C(NCCCOCC1CC1)NCc1ccccc1-n1nc(C)cc1C.I. The highest BCUT2D eigenvalue weighted by molar-refractivity contribution is 14.0. The molecule has 154 valence electrons. The lowest BCUT2D eigenvalue weighted by atomic mass is 10.1. The monoisotopic (exact) mass is 497 g/mol. The largest absolute Gasteiger partial charge is 0.381 e. The molecule has 0 atom stereocenters. The first-order valence-corrected chi connectivity index (χ1v) is 9.81. The maximum Gasteiger partial charge on any atom is 0.191 e. The Labute approximate surface area is 185 Å². The molecule has 0 amide bonds. The molecule has 1 heterocycles. The highest BCUT2D eigenvalue weighted by Crippen LogP contribution is 2.28. The molecule has 0 radical (unpaired) electrons. The van der Waals surface area contributed by atoms with Crippen LogP contribution in [-0.2, 0) is 11.3 Å². The first kappa shape index (κ1) is 22.7. The molecule has 1 aromatic carbocycles. The second-order valence-electron chi connectivity index (χ2n) is 7.19. The average molecular weight is 497 g/mol. The number of nitrogens with one attached hydrogen (secondary N) is 2. The summed E-state index contributed by atoms with van der Waals surface area (Å²) in [6.07, 6.45) is 3.66. The van der Waals surface area contributed by atoms with Crippen molar-refractivity contribution < 1.29 is 4.74 Å². The van der Waals surface area contributed by atoms with Gasteiger partial charge in [0.25, 0.3) is 0 Å². The summed E-state index contributed by atoms with van der Waals surface area (Å²) in [5.41, 5.74) is 4.43. The van der Waals surface area contributed by atoms with Gasteiger partial charge in [0, 0.05) is 39.0 Å². The summed E-state index contributed by atoms with van der Waals surface area (Å²) in [7, 11) is 1.80. The fourth-order valence-electron chi connectivity index (χ4n) is 3.05. The Kier molecular flexibility index (Phi) is 9.24. The third kappa shape index (κ3) is 6.77. The Balaban J connectivity index is 0.00000280. The van der Waals surface area contributed by atoms with Crippen molar-refractivity contribution >= 4 is 29.9 Å². The molecule has 2 aromatic rings. The summed E-state index contributed by atoms with van der Waals surface area (Å²) in [4.78, 5) is 4.31. The van der Waals surface area contributed by atoms with Crippen molar-refractivity contribution in [2.75, 3.05) is 26.8 Å². The number of nitrogens with zero attached hydrogens (tertiary/aromatic N) is 3. The standard InChI is InChI=1S/C21H31N5O.HI/c1-16-13-17(2)26(25-16)20-8-5-4-7-19(20)14-24-21(22-3)23-11-6-12-27-15-18-9-10-18;/h4-5,7-8,13,18H,6,9-12,14-15H2,1-3H3,(H2,22,23,24);1H. The van der Waals surface area contributed by atoms with Crippen molar-refractivity contribution in [1.29, 1.82) is 0 Å². The molecule has 0 unspecified atom stereocenters. The van der Waals surface area contributed by atoms with E-state index >= 15 is 0 Å². The normalized spacial score (nSPS) is 13.9. The summed E-state index contributed by atoms with van der Waals surface area (Å²) in [6.45, 7) is 7.37. The van der Waals surface area contributed by atoms with Crippen molar-refractivity contribution in [2.24, 2.45) is 10.9 Å². The van der Waals surface area contributed by atoms with Gasteiger partial charge in [-0.3, -0.25) is 4.99 Å². The molecule has 1 saturated carbocycles. The topological polar surface area (TPSA) is 63.5 Å². The Morgan fingerprint density at radius 3 is 2.71 bits per heavy atom. The Morgan fingerprint density at radius 1 is 1.25 bits per heavy atom. The van der Waals surface area contributed by atoms with Gasteiger partial charge in [0.15, 0.2) is 5.96 Å². The molecule has 2 N–H and O–H groups in total. The lowest BCUT2D eigenvalue weighted by Crippen LogP contribution is -2.37. The number of aryl methyl sites for hydroxylation is 2. The molecule has 0 bridgehead atoms. The molecule has 1 fully saturated rings. The van der Waals surface area contributed by atoms with E-state index in [2.05, 4.69) is 51.9 Å². The Hall–Kier alpha value is -1.61. The highest BCUT2D eigenvalue weighted by Gasteiger charge is 2.20. The molecule has 1 aliphatic rings. The van der Waals surface area contributed by atoms with E-state index in [-0.39, 0.29) is 24.0 Å². The molecular formula is C21H32IN5O. The quantitative estimate of drug-likeness (QED) is 0.241. The fourth-order valence-corrected chi connectivity index (χ4v) is 3.05. The van der Waals surface area contributed by atoms with Crippen LogP contribution in [0.1, 0.15) is 36.2 Å². The molecule has 6 nitrogen and oxygen atoms in total. The summed E-state index contributed by atoms with van der Waals surface area (Å²) < 4.78 is 7.67. The van der Waals surface area contributed by atoms with Gasteiger partial charge in [0.2, 0.25) is 0 Å². The van der Waals surface area contributed by atoms with Crippen LogP contribution in [0.3, 0.4) is 0 Å². The van der Waals surface area contributed by atoms with E-state index in [1.807, 2.05) is 17.7 Å². The van der Waals surface area contributed by atoms with Crippen LogP contribution < -0.4 is 10.6 Å². The molecule has 7 heteroatoms. The summed E-state index contributed by atoms with van der Waals surface area (Å²) >= 11 is 0. The number of rotatable bonds is 9. The van der Waals surface area contributed by atoms with Gasteiger partial charge in [-0.1, -0.05) is 18.2 Å². The van der Waals surface area contributed by atoms with Gasteiger partial charge in [-0.25, -0.2) is 4.68 Å². The summed E-state index contributed by atoms with van der Waals surface area (Å²) in [5, 5.41) is 11.4. The van der Waals surface area contributed by atoms with E-state index in [4.69, 9.17) is 4.74 Å². The average Bonchev–Trinajstić information content (AvgIpc) is 3.43. The maximum absolute atomic E-state index is 5.67. The zero-order chi connectivity index (χ0) is 19.1. The number of aromatic nitrogens is 2. The van der Waals surface area contributed by atoms with Crippen molar-refractivity contribution in [3.63, 3.8) is 0 Å². The van der Waals surface area contributed by atoms with Crippen LogP contribution in [0.5, 0.6) is 0 Å². The zero-order valence-electron chi connectivity index (χ0n) is 17.1. The van der Waals surface area contributed by atoms with Gasteiger partial charge < -0.3 is 15.4 Å². The van der Waals surface area contributed by atoms with E-state index in [9.17, 15) is 0 Å².